The van der Waals surface area contributed by atoms with Gasteiger partial charge in [-0.3, -0.25) is 0 Å². The maximum Gasteiger partial charge on any atom is 0.356 e. The van der Waals surface area contributed by atoms with Crippen LogP contribution in [0.2, 0.25) is 0 Å². The molecule has 0 unspecified atom stereocenters. The van der Waals surface area contributed by atoms with Crippen LogP contribution in [-0.2, 0) is 15.6 Å². The van der Waals surface area contributed by atoms with Crippen molar-refractivity contribution >= 4 is 15.8 Å². The maximum absolute atomic E-state index is 13.6. The Labute approximate surface area is 142 Å². The summed E-state index contributed by atoms with van der Waals surface area (Å²) in [5.74, 6) is -2.30. The van der Waals surface area contributed by atoms with Gasteiger partial charge >= 0.3 is 5.97 Å². The highest BCUT2D eigenvalue weighted by atomic mass is 32.2. The van der Waals surface area contributed by atoms with E-state index in [0.29, 0.717) is 16.9 Å². The molecule has 2 aromatic carbocycles. The summed E-state index contributed by atoms with van der Waals surface area (Å²) in [6, 6.07) is 11.8. The van der Waals surface area contributed by atoms with Gasteiger partial charge in [-0.15, -0.1) is 0 Å². The lowest BCUT2D eigenvalue weighted by molar-refractivity contribution is 0.0689. The minimum Gasteiger partial charge on any atom is -0.476 e. The standard InChI is InChI=1S/C17H11FN2O4S/c18-10-4-3-5-11(8-10)20-16-12-6-1-2-7-14(12)25(23,24)9-13(16)15(19-20)17(21)22/h1-8H,9H2,(H,21,22). The van der Waals surface area contributed by atoms with Gasteiger partial charge < -0.3 is 5.11 Å². The first-order valence-electron chi connectivity index (χ1n) is 7.32. The molecule has 0 atom stereocenters. The van der Waals surface area contributed by atoms with Gasteiger partial charge in [0, 0.05) is 11.1 Å². The van der Waals surface area contributed by atoms with Crippen molar-refractivity contribution in [2.75, 3.05) is 0 Å². The monoisotopic (exact) mass is 358 g/mol. The van der Waals surface area contributed by atoms with Gasteiger partial charge in [0.15, 0.2) is 15.5 Å². The number of aromatic carboxylic acids is 1. The van der Waals surface area contributed by atoms with Crippen molar-refractivity contribution in [1.82, 2.24) is 9.78 Å². The summed E-state index contributed by atoms with van der Waals surface area (Å²) in [7, 11) is -3.68. The van der Waals surface area contributed by atoms with Gasteiger partial charge in [0.05, 0.1) is 22.0 Å². The lowest BCUT2D eigenvalue weighted by Crippen LogP contribution is -2.15. The highest BCUT2D eigenvalue weighted by Crippen LogP contribution is 2.40. The van der Waals surface area contributed by atoms with Gasteiger partial charge in [0.2, 0.25) is 0 Å². The first-order chi connectivity index (χ1) is 11.9. The van der Waals surface area contributed by atoms with Crippen LogP contribution in [0.15, 0.2) is 53.4 Å². The molecule has 6 nitrogen and oxygen atoms in total. The summed E-state index contributed by atoms with van der Waals surface area (Å²) in [5, 5.41) is 13.5. The molecule has 1 aromatic heterocycles. The van der Waals surface area contributed by atoms with Crippen LogP contribution < -0.4 is 0 Å². The smallest absolute Gasteiger partial charge is 0.356 e. The van der Waals surface area contributed by atoms with Gasteiger partial charge in [0.1, 0.15) is 5.82 Å². The Morgan fingerprint density at radius 2 is 1.92 bits per heavy atom. The van der Waals surface area contributed by atoms with Crippen LogP contribution in [0.1, 0.15) is 16.1 Å². The fraction of sp³-hybridized carbons (Fsp3) is 0.0588. The molecule has 0 saturated heterocycles. The molecule has 1 aliphatic rings. The summed E-state index contributed by atoms with van der Waals surface area (Å²) in [6.45, 7) is 0. The maximum atomic E-state index is 13.6. The van der Waals surface area contributed by atoms with Gasteiger partial charge in [-0.05, 0) is 24.3 Å². The van der Waals surface area contributed by atoms with Gasteiger partial charge in [-0.1, -0.05) is 24.3 Å². The van der Waals surface area contributed by atoms with E-state index >= 15 is 0 Å². The van der Waals surface area contributed by atoms with E-state index in [9.17, 15) is 22.7 Å². The van der Waals surface area contributed by atoms with Crippen LogP contribution in [0.4, 0.5) is 4.39 Å². The zero-order valence-electron chi connectivity index (χ0n) is 12.7. The van der Waals surface area contributed by atoms with Crippen molar-refractivity contribution in [2.45, 2.75) is 10.6 Å². The van der Waals surface area contributed by atoms with E-state index in [1.807, 2.05) is 0 Å². The third kappa shape index (κ3) is 2.33. The molecule has 0 spiro atoms. The molecule has 2 heterocycles. The molecule has 1 aliphatic heterocycles. The number of aromatic nitrogens is 2. The number of nitrogens with zero attached hydrogens (tertiary/aromatic N) is 2. The number of hydrogen-bond donors (Lipinski definition) is 1. The number of carboxylic acid groups (broad SMARTS) is 1. The van der Waals surface area contributed by atoms with Gasteiger partial charge in [0.25, 0.3) is 0 Å². The molecule has 0 fully saturated rings. The average Bonchev–Trinajstić information content (AvgIpc) is 2.94. The van der Waals surface area contributed by atoms with Crippen LogP contribution in [0.3, 0.4) is 0 Å². The Bertz CT molecular complexity index is 1140. The highest BCUT2D eigenvalue weighted by Gasteiger charge is 2.35. The Morgan fingerprint density at radius 3 is 2.64 bits per heavy atom. The lowest BCUT2D eigenvalue weighted by Gasteiger charge is -2.18. The van der Waals surface area contributed by atoms with Crippen molar-refractivity contribution in [3.8, 4) is 16.9 Å². The van der Waals surface area contributed by atoms with Crippen molar-refractivity contribution < 1.29 is 22.7 Å². The fourth-order valence-corrected chi connectivity index (χ4v) is 4.63. The van der Waals surface area contributed by atoms with Crippen LogP contribution >= 0.6 is 0 Å². The van der Waals surface area contributed by atoms with E-state index in [2.05, 4.69) is 5.10 Å². The fourth-order valence-electron chi connectivity index (χ4n) is 3.03. The first kappa shape index (κ1) is 15.5. The molecule has 0 bridgehead atoms. The third-order valence-corrected chi connectivity index (χ3v) is 5.75. The minimum atomic E-state index is -3.68. The predicted octanol–water partition coefficient (Wildman–Crippen LogP) is 2.66. The van der Waals surface area contributed by atoms with E-state index in [-0.39, 0.29) is 16.2 Å². The van der Waals surface area contributed by atoms with E-state index in [1.54, 1.807) is 24.3 Å². The molecule has 3 aromatic rings. The summed E-state index contributed by atoms with van der Waals surface area (Å²) in [5.41, 5.74) is 0.784. The minimum absolute atomic E-state index is 0.107. The summed E-state index contributed by atoms with van der Waals surface area (Å²) in [4.78, 5) is 11.7. The van der Waals surface area contributed by atoms with Gasteiger partial charge in [-0.25, -0.2) is 22.3 Å². The first-order valence-corrected chi connectivity index (χ1v) is 8.97. The Kier molecular flexibility index (Phi) is 3.26. The molecule has 0 aliphatic carbocycles. The number of carboxylic acids is 1. The number of rotatable bonds is 2. The van der Waals surface area contributed by atoms with E-state index in [1.165, 1.54) is 28.9 Å². The SMILES string of the molecule is O=C(O)c1nn(-c2cccc(F)c2)c2c1CS(=O)(=O)c1ccccc1-2. The number of carbonyl (C=O) groups is 1. The number of sulfone groups is 1. The summed E-state index contributed by atoms with van der Waals surface area (Å²) in [6.07, 6.45) is 0. The quantitative estimate of drug-likeness (QED) is 0.761. The van der Waals surface area contributed by atoms with Crippen molar-refractivity contribution in [3.63, 3.8) is 0 Å². The average molecular weight is 358 g/mol. The van der Waals surface area contributed by atoms with Crippen molar-refractivity contribution in [2.24, 2.45) is 0 Å². The second-order valence-corrected chi connectivity index (χ2v) is 7.59. The van der Waals surface area contributed by atoms with E-state index in [4.69, 9.17) is 0 Å². The number of benzene rings is 2. The van der Waals surface area contributed by atoms with Crippen LogP contribution in [0.25, 0.3) is 16.9 Å². The molecular formula is C17H11FN2O4S. The summed E-state index contributed by atoms with van der Waals surface area (Å²) >= 11 is 0. The number of fused-ring (bicyclic) bond motifs is 3. The zero-order chi connectivity index (χ0) is 17.8. The largest absolute Gasteiger partial charge is 0.476 e. The Hall–Kier alpha value is -3.00. The van der Waals surface area contributed by atoms with Crippen LogP contribution in [0.5, 0.6) is 0 Å². The highest BCUT2D eigenvalue weighted by molar-refractivity contribution is 7.90. The van der Waals surface area contributed by atoms with Gasteiger partial charge in [-0.2, -0.15) is 5.10 Å². The molecule has 8 heteroatoms. The van der Waals surface area contributed by atoms with Crippen LogP contribution in [0, 0.1) is 5.82 Å². The van der Waals surface area contributed by atoms with Crippen LogP contribution in [-0.4, -0.2) is 29.3 Å². The normalized spacial score (nSPS) is 14.6. The zero-order valence-corrected chi connectivity index (χ0v) is 13.5. The second kappa shape index (κ2) is 5.25. The van der Waals surface area contributed by atoms with Crippen molar-refractivity contribution in [1.29, 1.82) is 0 Å². The van der Waals surface area contributed by atoms with Crippen molar-refractivity contribution in [3.05, 3.63) is 65.6 Å². The Morgan fingerprint density at radius 1 is 1.16 bits per heavy atom. The second-order valence-electron chi connectivity index (χ2n) is 5.63. The summed E-state index contributed by atoms with van der Waals surface area (Å²) < 4.78 is 39.9. The lowest BCUT2D eigenvalue weighted by atomic mass is 10.1. The molecule has 1 N–H and O–H groups in total. The molecule has 25 heavy (non-hydrogen) atoms. The molecule has 126 valence electrons. The molecule has 0 saturated carbocycles. The van der Waals surface area contributed by atoms with E-state index in [0.717, 1.165) is 0 Å². The topological polar surface area (TPSA) is 89.3 Å². The molecule has 0 amide bonds. The molecule has 4 rings (SSSR count). The molecule has 0 radical (unpaired) electrons. The predicted molar refractivity (Wildman–Crippen MR) is 86.8 cm³/mol. The third-order valence-electron chi connectivity index (χ3n) is 4.05. The Balaban J connectivity index is 2.11. The number of halogens is 1. The number of hydrogen-bond acceptors (Lipinski definition) is 4. The van der Waals surface area contributed by atoms with E-state index < -0.39 is 27.4 Å². The molecular weight excluding hydrogens is 347 g/mol.